The molecule has 0 saturated carbocycles. The van der Waals surface area contributed by atoms with Gasteiger partial charge in [0.15, 0.2) is 13.0 Å². The third-order valence-electron chi connectivity index (χ3n) is 7.18. The third-order valence-corrected chi connectivity index (χ3v) is 7.18. The topological polar surface area (TPSA) is 101 Å². The lowest BCUT2D eigenvalue weighted by molar-refractivity contribution is -0.162. The number of hydrogen-bond donors (Lipinski definition) is 0. The van der Waals surface area contributed by atoms with Crippen molar-refractivity contribution in [1.82, 2.24) is 24.6 Å². The molecule has 0 N–H and O–H groups in total. The molecule has 2 saturated heterocycles. The van der Waals surface area contributed by atoms with Crippen molar-refractivity contribution in [3.05, 3.63) is 49.1 Å². The van der Waals surface area contributed by atoms with Gasteiger partial charge in [0.2, 0.25) is 5.88 Å². The monoisotopic (exact) mass is 553 g/mol. The predicted octanol–water partition coefficient (Wildman–Crippen LogP) is 4.37. The van der Waals surface area contributed by atoms with Crippen molar-refractivity contribution >= 4 is 5.97 Å². The number of methoxy groups -OCH3 is 1. The second kappa shape index (κ2) is 11.9. The standard InChI is InChI=1S/C29H36FN5O5/c1-29(2,3)40-27(36)16-35-20-6-5-7-23(35)28(30)25(15-20)39-26-11-10-22(32-33-26)21-9-8-19(34-13-12-31-17-34)14-24(21)38-18-37-4/h8-14,17,20,23,25,28H,5-7,15-16,18H2,1-4H3/t20?,23?,25-,28+/m1/s1. The summed E-state index contributed by atoms with van der Waals surface area (Å²) < 4.78 is 40.0. The minimum atomic E-state index is -1.26. The highest BCUT2D eigenvalue weighted by molar-refractivity contribution is 5.72. The summed E-state index contributed by atoms with van der Waals surface area (Å²) >= 11 is 0. The van der Waals surface area contributed by atoms with Crippen LogP contribution >= 0.6 is 0 Å². The van der Waals surface area contributed by atoms with Crippen molar-refractivity contribution in [2.24, 2.45) is 0 Å². The average molecular weight is 554 g/mol. The van der Waals surface area contributed by atoms with Crippen molar-refractivity contribution in [2.45, 2.75) is 76.4 Å². The Hall–Kier alpha value is -3.57. The number of fused-ring (bicyclic) bond motifs is 2. The molecule has 10 nitrogen and oxygen atoms in total. The van der Waals surface area contributed by atoms with E-state index in [1.54, 1.807) is 31.8 Å². The van der Waals surface area contributed by atoms with Gasteiger partial charge in [0, 0.05) is 55.7 Å². The van der Waals surface area contributed by atoms with E-state index in [1.165, 1.54) is 0 Å². The van der Waals surface area contributed by atoms with Crippen LogP contribution in [0.25, 0.3) is 16.9 Å². The van der Waals surface area contributed by atoms with Gasteiger partial charge >= 0.3 is 5.97 Å². The van der Waals surface area contributed by atoms with Gasteiger partial charge in [-0.3, -0.25) is 9.69 Å². The molecule has 0 spiro atoms. The molecule has 4 heterocycles. The van der Waals surface area contributed by atoms with Crippen molar-refractivity contribution in [3.63, 3.8) is 0 Å². The van der Waals surface area contributed by atoms with E-state index in [1.807, 2.05) is 54.6 Å². The molecule has 0 aliphatic carbocycles. The van der Waals surface area contributed by atoms with E-state index in [-0.39, 0.29) is 31.2 Å². The van der Waals surface area contributed by atoms with Gasteiger partial charge in [-0.05, 0) is 51.8 Å². The number of carbonyl (C=O) groups excluding carboxylic acids is 1. The molecule has 40 heavy (non-hydrogen) atoms. The number of alkyl halides is 1. The second-order valence-corrected chi connectivity index (χ2v) is 11.2. The summed E-state index contributed by atoms with van der Waals surface area (Å²) in [5.41, 5.74) is 1.61. The Morgan fingerprint density at radius 2 is 2.00 bits per heavy atom. The summed E-state index contributed by atoms with van der Waals surface area (Å²) in [7, 11) is 1.56. The lowest BCUT2D eigenvalue weighted by Gasteiger charge is -2.49. The van der Waals surface area contributed by atoms with E-state index >= 15 is 4.39 Å². The number of aromatic nitrogens is 4. The molecule has 2 aromatic heterocycles. The number of benzene rings is 1. The fourth-order valence-corrected chi connectivity index (χ4v) is 5.51. The van der Waals surface area contributed by atoms with Crippen LogP contribution in [0.1, 0.15) is 46.5 Å². The molecular formula is C29H36FN5O5. The number of rotatable bonds is 9. The molecule has 2 aliphatic rings. The predicted molar refractivity (Wildman–Crippen MR) is 145 cm³/mol. The zero-order valence-electron chi connectivity index (χ0n) is 23.3. The Morgan fingerprint density at radius 1 is 1.15 bits per heavy atom. The van der Waals surface area contributed by atoms with Crippen molar-refractivity contribution in [1.29, 1.82) is 0 Å². The first kappa shape index (κ1) is 28.0. The summed E-state index contributed by atoms with van der Waals surface area (Å²) in [5.74, 6) is 0.499. The third kappa shape index (κ3) is 6.42. The average Bonchev–Trinajstić information content (AvgIpc) is 3.45. The Kier molecular flexibility index (Phi) is 8.32. The zero-order chi connectivity index (χ0) is 28.3. The minimum absolute atomic E-state index is 0.0463. The van der Waals surface area contributed by atoms with E-state index in [9.17, 15) is 4.79 Å². The first-order valence-electron chi connectivity index (χ1n) is 13.6. The van der Waals surface area contributed by atoms with Gasteiger partial charge in [0.25, 0.3) is 0 Å². The molecule has 11 heteroatoms. The van der Waals surface area contributed by atoms with Crippen LogP contribution in [-0.4, -0.2) is 81.0 Å². The summed E-state index contributed by atoms with van der Waals surface area (Å²) in [5, 5.41) is 8.60. The Morgan fingerprint density at radius 3 is 2.70 bits per heavy atom. The van der Waals surface area contributed by atoms with E-state index in [2.05, 4.69) is 15.2 Å². The molecule has 4 atom stereocenters. The highest BCUT2D eigenvalue weighted by atomic mass is 19.1. The van der Waals surface area contributed by atoms with Crippen molar-refractivity contribution in [3.8, 4) is 28.6 Å². The smallest absolute Gasteiger partial charge is 0.320 e. The number of hydrogen-bond acceptors (Lipinski definition) is 9. The van der Waals surface area contributed by atoms with Gasteiger partial charge in [-0.15, -0.1) is 10.2 Å². The molecular weight excluding hydrogens is 517 g/mol. The molecule has 0 amide bonds. The van der Waals surface area contributed by atoms with E-state index in [0.29, 0.717) is 24.3 Å². The van der Waals surface area contributed by atoms with E-state index in [4.69, 9.17) is 18.9 Å². The van der Waals surface area contributed by atoms with Gasteiger partial charge in [-0.25, -0.2) is 9.37 Å². The fraction of sp³-hybridized carbons (Fsp3) is 0.517. The maximum absolute atomic E-state index is 15.7. The lowest BCUT2D eigenvalue weighted by Crippen LogP contribution is -2.62. The Bertz CT molecular complexity index is 1280. The van der Waals surface area contributed by atoms with Gasteiger partial charge < -0.3 is 23.5 Å². The largest absolute Gasteiger partial charge is 0.470 e. The molecule has 0 radical (unpaired) electrons. The Balaban J connectivity index is 1.28. The minimum Gasteiger partial charge on any atom is -0.470 e. The maximum atomic E-state index is 15.7. The van der Waals surface area contributed by atoms with Crippen molar-refractivity contribution < 1.29 is 28.1 Å². The van der Waals surface area contributed by atoms with Crippen LogP contribution in [-0.2, 0) is 14.3 Å². The number of imidazole rings is 1. The van der Waals surface area contributed by atoms with Crippen LogP contribution in [0.2, 0.25) is 0 Å². The summed E-state index contributed by atoms with van der Waals surface area (Å²) in [6.07, 6.45) is 6.27. The van der Waals surface area contributed by atoms with E-state index < -0.39 is 23.9 Å². The maximum Gasteiger partial charge on any atom is 0.320 e. The summed E-state index contributed by atoms with van der Waals surface area (Å²) in [6, 6.07) is 8.82. The SMILES string of the molecule is COCOc1cc(-n2ccnc2)ccc1-c1ccc(O[C@@H]2CC3CCCC([C@@H]2F)N3CC(=O)OC(C)(C)C)nn1. The number of ether oxygens (including phenoxy) is 4. The van der Waals surface area contributed by atoms with Gasteiger partial charge in [0.1, 0.15) is 17.5 Å². The molecule has 3 aromatic rings. The normalized spacial score (nSPS) is 23.0. The number of esters is 1. The van der Waals surface area contributed by atoms with Crippen LogP contribution in [0.4, 0.5) is 4.39 Å². The highest BCUT2D eigenvalue weighted by Gasteiger charge is 2.47. The fourth-order valence-electron chi connectivity index (χ4n) is 5.51. The van der Waals surface area contributed by atoms with Crippen LogP contribution in [0.5, 0.6) is 11.6 Å². The lowest BCUT2D eigenvalue weighted by atomic mass is 9.81. The van der Waals surface area contributed by atoms with Crippen LogP contribution in [0.15, 0.2) is 49.1 Å². The molecule has 2 aliphatic heterocycles. The van der Waals surface area contributed by atoms with Crippen LogP contribution in [0, 0.1) is 0 Å². The molecule has 2 unspecified atom stereocenters. The first-order valence-corrected chi connectivity index (χ1v) is 13.6. The van der Waals surface area contributed by atoms with Gasteiger partial charge in [0.05, 0.1) is 24.3 Å². The molecule has 5 rings (SSSR count). The van der Waals surface area contributed by atoms with Gasteiger partial charge in [-0.1, -0.05) is 6.42 Å². The molecule has 214 valence electrons. The number of carbonyl (C=O) groups is 1. The number of piperidine rings is 2. The number of nitrogens with zero attached hydrogens (tertiary/aromatic N) is 5. The summed E-state index contributed by atoms with van der Waals surface area (Å²) in [4.78, 5) is 18.5. The van der Waals surface area contributed by atoms with Crippen LogP contribution < -0.4 is 9.47 Å². The quantitative estimate of drug-likeness (QED) is 0.282. The molecule has 1 aromatic carbocycles. The Labute approximate surface area is 233 Å². The number of halogens is 1. The van der Waals surface area contributed by atoms with E-state index in [0.717, 1.165) is 24.1 Å². The first-order chi connectivity index (χ1) is 19.2. The second-order valence-electron chi connectivity index (χ2n) is 11.2. The van der Waals surface area contributed by atoms with Gasteiger partial charge in [-0.2, -0.15) is 0 Å². The molecule has 2 fully saturated rings. The zero-order valence-corrected chi connectivity index (χ0v) is 23.3. The molecule has 2 bridgehead atoms. The van der Waals surface area contributed by atoms with Crippen molar-refractivity contribution in [2.75, 3.05) is 20.4 Å². The van der Waals surface area contributed by atoms with Crippen LogP contribution in [0.3, 0.4) is 0 Å². The summed E-state index contributed by atoms with van der Waals surface area (Å²) in [6.45, 7) is 5.66. The highest BCUT2D eigenvalue weighted by Crippen LogP contribution is 2.38.